The quantitative estimate of drug-likeness (QED) is 0.327. The van der Waals surface area contributed by atoms with Crippen LogP contribution in [0.3, 0.4) is 0 Å². The van der Waals surface area contributed by atoms with Crippen LogP contribution in [0.2, 0.25) is 0 Å². The van der Waals surface area contributed by atoms with Gasteiger partial charge in [0.1, 0.15) is 23.6 Å². The molecular formula is C34H40F2N6O6S. The molecule has 6 rings (SSSR count). The van der Waals surface area contributed by atoms with Gasteiger partial charge < -0.3 is 15.0 Å². The molecule has 4 aliphatic heterocycles. The van der Waals surface area contributed by atoms with Crippen molar-refractivity contribution in [2.75, 3.05) is 44.2 Å². The van der Waals surface area contributed by atoms with Crippen LogP contribution >= 0.6 is 11.9 Å². The number of amides is 5. The summed E-state index contributed by atoms with van der Waals surface area (Å²) in [6, 6.07) is 8.80. The number of rotatable bonds is 7. The number of fused-ring (bicyclic) bond motifs is 1. The van der Waals surface area contributed by atoms with Gasteiger partial charge >= 0.3 is 6.09 Å². The number of benzene rings is 2. The second-order valence-electron chi connectivity index (χ2n) is 13.7. The molecule has 0 spiro atoms. The number of hydrogen-bond acceptors (Lipinski definition) is 10. The van der Waals surface area contributed by atoms with Crippen LogP contribution < -0.4 is 15.5 Å². The van der Waals surface area contributed by atoms with Gasteiger partial charge in [0, 0.05) is 57.1 Å². The second kappa shape index (κ2) is 14.0. The first kappa shape index (κ1) is 34.8. The second-order valence-corrected chi connectivity index (χ2v) is 14.9. The molecule has 15 heteroatoms. The van der Waals surface area contributed by atoms with Gasteiger partial charge in [0.2, 0.25) is 11.8 Å². The lowest BCUT2D eigenvalue weighted by molar-refractivity contribution is -0.136. The first-order valence-electron chi connectivity index (χ1n) is 16.4. The highest BCUT2D eigenvalue weighted by Gasteiger charge is 2.45. The molecule has 4 aliphatic rings. The SMILES string of the molecule is CC(C)(C)OC(=O)NC1CCN(Sc2cccc(CN3CCN(c4cc5c(cc4F)C(=O)N(C4CCC(=O)NC4=O)C5=O)CC3)c2)CC1F. The fraction of sp³-hybridized carbons (Fsp3) is 0.500. The molecule has 2 aromatic rings. The molecule has 3 unspecified atom stereocenters. The van der Waals surface area contributed by atoms with Gasteiger partial charge in [0.05, 0.1) is 22.9 Å². The van der Waals surface area contributed by atoms with Gasteiger partial charge in [-0.2, -0.15) is 0 Å². The molecule has 0 radical (unpaired) electrons. The van der Waals surface area contributed by atoms with Gasteiger partial charge in [-0.25, -0.2) is 17.9 Å². The minimum Gasteiger partial charge on any atom is -0.444 e. The third-order valence-corrected chi connectivity index (χ3v) is 10.0. The average molecular weight is 699 g/mol. The Morgan fingerprint density at radius 3 is 2.39 bits per heavy atom. The van der Waals surface area contributed by atoms with Gasteiger partial charge in [0.15, 0.2) is 0 Å². The van der Waals surface area contributed by atoms with Crippen LogP contribution in [0.1, 0.15) is 66.3 Å². The Balaban J connectivity index is 1.01. The van der Waals surface area contributed by atoms with E-state index in [9.17, 15) is 28.4 Å². The van der Waals surface area contributed by atoms with Crippen LogP contribution in [0.25, 0.3) is 0 Å². The summed E-state index contributed by atoms with van der Waals surface area (Å²) in [6.07, 6.45) is -1.35. The Morgan fingerprint density at radius 2 is 1.71 bits per heavy atom. The minimum absolute atomic E-state index is 0.00582. The van der Waals surface area contributed by atoms with Crippen molar-refractivity contribution in [3.05, 3.63) is 58.9 Å². The van der Waals surface area contributed by atoms with E-state index in [1.165, 1.54) is 18.0 Å². The van der Waals surface area contributed by atoms with E-state index in [0.29, 0.717) is 45.7 Å². The zero-order chi connectivity index (χ0) is 35.0. The Kier molecular flexibility index (Phi) is 9.96. The third kappa shape index (κ3) is 7.89. The molecule has 4 heterocycles. The predicted molar refractivity (Wildman–Crippen MR) is 177 cm³/mol. The molecule has 0 bridgehead atoms. The molecule has 0 aliphatic carbocycles. The van der Waals surface area contributed by atoms with Crippen LogP contribution in [0.15, 0.2) is 41.3 Å². The van der Waals surface area contributed by atoms with E-state index in [4.69, 9.17) is 4.74 Å². The highest BCUT2D eigenvalue weighted by molar-refractivity contribution is 7.97. The van der Waals surface area contributed by atoms with Crippen molar-refractivity contribution >= 4 is 47.4 Å². The third-order valence-electron chi connectivity index (χ3n) is 8.97. The molecule has 3 fully saturated rings. The van der Waals surface area contributed by atoms with Crippen LogP contribution in [0.5, 0.6) is 0 Å². The first-order valence-corrected chi connectivity index (χ1v) is 17.2. The maximum Gasteiger partial charge on any atom is 0.407 e. The van der Waals surface area contributed by atoms with Gasteiger partial charge in [-0.3, -0.25) is 34.3 Å². The van der Waals surface area contributed by atoms with Crippen molar-refractivity contribution in [1.82, 2.24) is 24.7 Å². The molecule has 0 aromatic heterocycles. The smallest absolute Gasteiger partial charge is 0.407 e. The van der Waals surface area contributed by atoms with E-state index in [1.807, 2.05) is 27.4 Å². The summed E-state index contributed by atoms with van der Waals surface area (Å²) in [7, 11) is 0. The normalized spacial score (nSPS) is 23.8. The fourth-order valence-electron chi connectivity index (χ4n) is 6.56. The van der Waals surface area contributed by atoms with E-state index in [1.54, 1.807) is 20.8 Å². The number of ether oxygens (including phenoxy) is 1. The van der Waals surface area contributed by atoms with Crippen LogP contribution in [-0.4, -0.2) is 107 Å². The van der Waals surface area contributed by atoms with Crippen LogP contribution in [-0.2, 0) is 20.9 Å². The van der Waals surface area contributed by atoms with Crippen molar-refractivity contribution in [3.8, 4) is 0 Å². The summed E-state index contributed by atoms with van der Waals surface area (Å²) >= 11 is 1.48. The molecule has 2 aromatic carbocycles. The largest absolute Gasteiger partial charge is 0.444 e. The zero-order valence-corrected chi connectivity index (χ0v) is 28.5. The van der Waals surface area contributed by atoms with Gasteiger partial charge in [-0.05, 0) is 75.4 Å². The number of nitrogens with one attached hydrogen (secondary N) is 2. The zero-order valence-electron chi connectivity index (χ0n) is 27.7. The number of alkyl halides is 1. The summed E-state index contributed by atoms with van der Waals surface area (Å²) in [5.74, 6) is -3.21. The van der Waals surface area contributed by atoms with Crippen molar-refractivity contribution in [1.29, 1.82) is 0 Å². The maximum absolute atomic E-state index is 15.4. The van der Waals surface area contributed by atoms with E-state index >= 15 is 4.39 Å². The fourth-order valence-corrected chi connectivity index (χ4v) is 7.61. The monoisotopic (exact) mass is 698 g/mol. The molecule has 0 saturated carbocycles. The van der Waals surface area contributed by atoms with Crippen LogP contribution in [0, 0.1) is 5.82 Å². The van der Waals surface area contributed by atoms with E-state index in [2.05, 4.69) is 21.6 Å². The molecule has 262 valence electrons. The predicted octanol–water partition coefficient (Wildman–Crippen LogP) is 3.49. The Hall–Kier alpha value is -4.08. The Labute approximate surface area is 287 Å². The first-order chi connectivity index (χ1) is 23.3. The maximum atomic E-state index is 15.4. The topological polar surface area (TPSA) is 132 Å². The summed E-state index contributed by atoms with van der Waals surface area (Å²) in [4.78, 5) is 68.2. The summed E-state index contributed by atoms with van der Waals surface area (Å²) < 4.78 is 37.5. The molecule has 3 atom stereocenters. The van der Waals surface area contributed by atoms with Gasteiger partial charge in [-0.15, -0.1) is 0 Å². The van der Waals surface area contributed by atoms with Crippen LogP contribution in [0.4, 0.5) is 19.3 Å². The van der Waals surface area contributed by atoms with E-state index < -0.39 is 59.4 Å². The Bertz CT molecular complexity index is 1660. The molecule has 2 N–H and O–H groups in total. The van der Waals surface area contributed by atoms with Crippen molar-refractivity contribution < 1.29 is 37.5 Å². The Morgan fingerprint density at radius 1 is 1.00 bits per heavy atom. The highest BCUT2D eigenvalue weighted by atomic mass is 32.2. The summed E-state index contributed by atoms with van der Waals surface area (Å²) in [6.45, 7) is 8.98. The number of halogens is 2. The van der Waals surface area contributed by atoms with Crippen molar-refractivity contribution in [2.45, 2.75) is 75.3 Å². The number of alkyl carbamates (subject to hydrolysis) is 1. The number of piperazine rings is 1. The lowest BCUT2D eigenvalue weighted by Gasteiger charge is -2.36. The number of imide groups is 2. The molecule has 12 nitrogen and oxygen atoms in total. The molecule has 49 heavy (non-hydrogen) atoms. The van der Waals surface area contributed by atoms with E-state index in [-0.39, 0.29) is 36.2 Å². The molecule has 5 amide bonds. The number of carbonyl (C=O) groups excluding carboxylic acids is 5. The molecule has 3 saturated heterocycles. The lowest BCUT2D eigenvalue weighted by atomic mass is 10.0. The van der Waals surface area contributed by atoms with Crippen molar-refractivity contribution in [3.63, 3.8) is 0 Å². The van der Waals surface area contributed by atoms with Gasteiger partial charge in [-0.1, -0.05) is 12.1 Å². The summed E-state index contributed by atoms with van der Waals surface area (Å²) in [5.41, 5.74) is 0.611. The standard InChI is InChI=1S/C34H40F2N6O6S/c1-34(2,3)48-33(47)37-26-9-10-41(19-25(26)36)49-21-6-4-5-20(15-21)18-39-11-13-40(14-12-39)28-17-23-22(16-24(28)35)31(45)42(32(23)46)27-7-8-29(43)38-30(27)44/h4-6,15-17,25-27H,7-14,18-19H2,1-3H3,(H,37,47)(H,38,43,44). The highest BCUT2D eigenvalue weighted by Crippen LogP contribution is 2.34. The minimum atomic E-state index is -1.23. The number of carbonyl (C=O) groups is 5. The van der Waals surface area contributed by atoms with E-state index in [0.717, 1.165) is 21.4 Å². The summed E-state index contributed by atoms with van der Waals surface area (Å²) in [5, 5.41) is 4.82. The average Bonchev–Trinajstić information content (AvgIpc) is 3.26. The van der Waals surface area contributed by atoms with Crippen molar-refractivity contribution in [2.24, 2.45) is 0 Å². The number of hydrogen-bond donors (Lipinski definition) is 2. The number of anilines is 1. The lowest BCUT2D eigenvalue weighted by Crippen LogP contribution is -2.54. The number of piperidine rings is 2. The number of nitrogens with zero attached hydrogens (tertiary/aromatic N) is 4. The molecular weight excluding hydrogens is 658 g/mol. The van der Waals surface area contributed by atoms with Gasteiger partial charge in [0.25, 0.3) is 11.8 Å².